The summed E-state index contributed by atoms with van der Waals surface area (Å²) in [6.07, 6.45) is 0. The van der Waals surface area contributed by atoms with Crippen LogP contribution in [0, 0.1) is 17.5 Å². The van der Waals surface area contributed by atoms with Crippen LogP contribution in [0.15, 0.2) is 72.8 Å². The van der Waals surface area contributed by atoms with Crippen LogP contribution in [0.3, 0.4) is 0 Å². The molecule has 0 fully saturated rings. The van der Waals surface area contributed by atoms with Gasteiger partial charge in [0.1, 0.15) is 17.5 Å². The van der Waals surface area contributed by atoms with Crippen LogP contribution in [-0.2, 0) is 17.1 Å². The smallest absolute Gasteiger partial charge is 0.156 e. The lowest BCUT2D eigenvalue weighted by Crippen LogP contribution is -2.27. The third-order valence-electron chi connectivity index (χ3n) is 3.53. The predicted molar refractivity (Wildman–Crippen MR) is 93.2 cm³/mol. The van der Waals surface area contributed by atoms with Gasteiger partial charge in [0.25, 0.3) is 0 Å². The van der Waals surface area contributed by atoms with E-state index in [2.05, 4.69) is 0 Å². The zero-order valence-corrected chi connectivity index (χ0v) is 13.8. The number of rotatable bonds is 5. The lowest BCUT2D eigenvalue weighted by Gasteiger charge is -2.26. The number of anilines is 2. The van der Waals surface area contributed by atoms with E-state index < -0.39 is 23.0 Å². The fourth-order valence-corrected chi connectivity index (χ4v) is 3.65. The molecule has 0 aliphatic rings. The van der Waals surface area contributed by atoms with E-state index in [1.165, 1.54) is 65.0 Å². The molecule has 0 aromatic heterocycles. The Balaban J connectivity index is 1.93. The van der Waals surface area contributed by atoms with Gasteiger partial charge in [0.15, 0.2) is 5.75 Å². The van der Waals surface area contributed by atoms with Crippen molar-refractivity contribution in [1.82, 2.24) is 0 Å². The maximum Gasteiger partial charge on any atom is 0.156 e. The zero-order chi connectivity index (χ0) is 17.8. The van der Waals surface area contributed by atoms with E-state index >= 15 is 0 Å². The molecule has 128 valence electrons. The van der Waals surface area contributed by atoms with Crippen LogP contribution >= 0.6 is 0 Å². The van der Waals surface area contributed by atoms with Gasteiger partial charge in [0.2, 0.25) is 0 Å². The van der Waals surface area contributed by atoms with Crippen molar-refractivity contribution in [2.75, 3.05) is 4.31 Å². The van der Waals surface area contributed by atoms with Crippen LogP contribution < -0.4 is 4.31 Å². The minimum absolute atomic E-state index is 0.134. The number of benzene rings is 3. The molecule has 3 rings (SSSR count). The number of nitrogens with zero attached hydrogens (tertiary/aromatic N) is 1. The van der Waals surface area contributed by atoms with E-state index in [4.69, 9.17) is 0 Å². The van der Waals surface area contributed by atoms with Crippen molar-refractivity contribution in [2.45, 2.75) is 5.75 Å². The van der Waals surface area contributed by atoms with Crippen LogP contribution in [0.25, 0.3) is 0 Å². The molecule has 1 atom stereocenters. The molecule has 0 bridgehead atoms. The van der Waals surface area contributed by atoms with Crippen molar-refractivity contribution >= 4 is 22.7 Å². The van der Waals surface area contributed by atoms with Gasteiger partial charge < -0.3 is 4.55 Å². The lowest BCUT2D eigenvalue weighted by molar-refractivity contribution is 0.593. The normalized spacial score (nSPS) is 12.0. The Morgan fingerprint density at radius 3 is 1.40 bits per heavy atom. The van der Waals surface area contributed by atoms with E-state index in [1.54, 1.807) is 12.1 Å². The Morgan fingerprint density at radius 1 is 0.640 bits per heavy atom. The Morgan fingerprint density at radius 2 is 1.00 bits per heavy atom. The fraction of sp³-hybridized carbons (Fsp3) is 0.0526. The van der Waals surface area contributed by atoms with Gasteiger partial charge in [0.05, 0.1) is 22.7 Å². The number of hydrogen-bond acceptors (Lipinski definition) is 2. The Kier molecular flexibility index (Phi) is 5.31. The average Bonchev–Trinajstić information content (AvgIpc) is 2.60. The molecule has 6 heteroatoms. The first-order valence-electron chi connectivity index (χ1n) is 7.47. The predicted octanol–water partition coefficient (Wildman–Crippen LogP) is 5.11. The summed E-state index contributed by atoms with van der Waals surface area (Å²) in [4.78, 5) is 0. The van der Waals surface area contributed by atoms with Crippen LogP contribution in [0.2, 0.25) is 0 Å². The summed E-state index contributed by atoms with van der Waals surface area (Å²) in [5.41, 5.74) is 1.70. The Hall–Kier alpha value is -2.44. The molecule has 3 aromatic carbocycles. The second kappa shape index (κ2) is 7.63. The van der Waals surface area contributed by atoms with E-state index in [0.29, 0.717) is 16.9 Å². The van der Waals surface area contributed by atoms with Crippen molar-refractivity contribution in [3.05, 3.63) is 95.8 Å². The molecule has 0 spiro atoms. The lowest BCUT2D eigenvalue weighted by atomic mass is 10.2. The number of hydrogen-bond donors (Lipinski definition) is 0. The highest BCUT2D eigenvalue weighted by Crippen LogP contribution is 2.30. The Labute approximate surface area is 146 Å². The summed E-state index contributed by atoms with van der Waals surface area (Å²) in [5, 5.41) is 0. The zero-order valence-electron chi connectivity index (χ0n) is 13.0. The van der Waals surface area contributed by atoms with Gasteiger partial charge in [-0.2, -0.15) is 4.31 Å². The van der Waals surface area contributed by atoms with Gasteiger partial charge in [-0.05, 0) is 60.7 Å². The summed E-state index contributed by atoms with van der Waals surface area (Å²) >= 11 is -1.56. The third-order valence-corrected chi connectivity index (χ3v) is 4.94. The van der Waals surface area contributed by atoms with Crippen molar-refractivity contribution in [3.8, 4) is 0 Å². The molecule has 2 nitrogen and oxygen atoms in total. The second-order valence-electron chi connectivity index (χ2n) is 5.34. The summed E-state index contributed by atoms with van der Waals surface area (Å²) in [7, 11) is 0. The van der Waals surface area contributed by atoms with E-state index in [1.807, 2.05) is 0 Å². The highest BCUT2D eigenvalue weighted by molar-refractivity contribution is 7.92. The van der Waals surface area contributed by atoms with Crippen molar-refractivity contribution in [2.24, 2.45) is 0 Å². The highest BCUT2D eigenvalue weighted by atomic mass is 32.2. The molecule has 0 saturated carbocycles. The quantitative estimate of drug-likeness (QED) is 0.591. The van der Waals surface area contributed by atoms with Gasteiger partial charge in [0, 0.05) is 5.56 Å². The first-order chi connectivity index (χ1) is 12.0. The standard InChI is InChI=1S/C19H14F3NOS/c20-15-3-1-14(2-4-15)13-25(24)23(18-9-5-16(21)6-10-18)19-11-7-17(22)8-12-19/h1-12H,13H2. The van der Waals surface area contributed by atoms with Crippen molar-refractivity contribution < 1.29 is 17.7 Å². The molecule has 0 radical (unpaired) electrons. The van der Waals surface area contributed by atoms with Crippen molar-refractivity contribution in [3.63, 3.8) is 0 Å². The summed E-state index contributed by atoms with van der Waals surface area (Å²) in [5.74, 6) is -1.06. The molecule has 1 unspecified atom stereocenters. The molecular weight excluding hydrogens is 347 g/mol. The minimum Gasteiger partial charge on any atom is -0.592 e. The van der Waals surface area contributed by atoms with Gasteiger partial charge in [-0.1, -0.05) is 12.1 Å². The second-order valence-corrected chi connectivity index (χ2v) is 6.64. The molecular formula is C19H14F3NOS. The van der Waals surface area contributed by atoms with Crippen LogP contribution in [-0.4, -0.2) is 4.55 Å². The van der Waals surface area contributed by atoms with Crippen molar-refractivity contribution in [1.29, 1.82) is 0 Å². The average molecular weight is 361 g/mol. The first kappa shape index (κ1) is 17.4. The minimum atomic E-state index is -1.56. The fourth-order valence-electron chi connectivity index (χ4n) is 2.32. The molecule has 0 amide bonds. The monoisotopic (exact) mass is 361 g/mol. The third kappa shape index (κ3) is 4.35. The molecule has 0 aliphatic heterocycles. The molecule has 0 N–H and O–H groups in total. The largest absolute Gasteiger partial charge is 0.592 e. The SMILES string of the molecule is [O-][S+](Cc1ccc(F)cc1)N(c1ccc(F)cc1)c1ccc(F)cc1. The van der Waals surface area contributed by atoms with Gasteiger partial charge in [-0.25, -0.2) is 13.2 Å². The summed E-state index contributed by atoms with van der Waals surface area (Å²) in [6, 6.07) is 16.8. The Bertz CT molecular complexity index is 777. The van der Waals surface area contributed by atoms with E-state index in [9.17, 15) is 17.7 Å². The van der Waals surface area contributed by atoms with Crippen LogP contribution in [0.4, 0.5) is 24.5 Å². The summed E-state index contributed by atoms with van der Waals surface area (Å²) in [6.45, 7) is 0. The maximum atomic E-state index is 13.2. The van der Waals surface area contributed by atoms with E-state index in [-0.39, 0.29) is 11.6 Å². The van der Waals surface area contributed by atoms with E-state index in [0.717, 1.165) is 0 Å². The maximum absolute atomic E-state index is 13.2. The van der Waals surface area contributed by atoms with Crippen LogP contribution in [0.5, 0.6) is 0 Å². The molecule has 3 aromatic rings. The highest BCUT2D eigenvalue weighted by Gasteiger charge is 2.23. The topological polar surface area (TPSA) is 26.3 Å². The van der Waals surface area contributed by atoms with Gasteiger partial charge in [-0.3, -0.25) is 0 Å². The molecule has 25 heavy (non-hydrogen) atoms. The summed E-state index contributed by atoms with van der Waals surface area (Å²) < 4.78 is 53.9. The van der Waals surface area contributed by atoms with Gasteiger partial charge >= 0.3 is 0 Å². The first-order valence-corrected chi connectivity index (χ1v) is 8.75. The van der Waals surface area contributed by atoms with Gasteiger partial charge in [-0.15, -0.1) is 0 Å². The molecule has 0 saturated heterocycles. The molecule has 0 heterocycles. The number of halogens is 3. The van der Waals surface area contributed by atoms with Crippen LogP contribution in [0.1, 0.15) is 5.56 Å². The molecule has 0 aliphatic carbocycles.